The van der Waals surface area contributed by atoms with Gasteiger partial charge in [0, 0.05) is 37.0 Å². The predicted octanol–water partition coefficient (Wildman–Crippen LogP) is 2.03. The number of benzene rings is 1. The number of methoxy groups -OCH3 is 1. The first-order valence-corrected chi connectivity index (χ1v) is 9.74. The zero-order valence-corrected chi connectivity index (χ0v) is 16.6. The number of likely N-dealkylation sites (N-methyl/N-ethyl adjacent to an activating group) is 1. The highest BCUT2D eigenvalue weighted by molar-refractivity contribution is 6.00. The number of halogens is 2. The number of nitrogens with one attached hydrogen (secondary N) is 1. The van der Waals surface area contributed by atoms with Gasteiger partial charge in [0.2, 0.25) is 5.43 Å². The number of nitrogens with zero attached hydrogens (tertiary/aromatic N) is 2. The molecule has 0 bridgehead atoms. The lowest BCUT2D eigenvalue weighted by molar-refractivity contribution is 0.0675. The number of pyridine rings is 1. The van der Waals surface area contributed by atoms with Crippen LogP contribution < -0.4 is 15.5 Å². The fraction of sp³-hybridized carbons (Fsp3) is 0.381. The molecule has 1 N–H and O–H groups in total. The van der Waals surface area contributed by atoms with Crippen molar-refractivity contribution in [1.82, 2.24) is 14.8 Å². The minimum absolute atomic E-state index is 0.0387. The van der Waals surface area contributed by atoms with Crippen LogP contribution in [-0.4, -0.2) is 41.5 Å². The lowest BCUT2D eigenvalue weighted by Crippen LogP contribution is -2.44. The zero-order chi connectivity index (χ0) is 21.6. The monoisotopic (exact) mass is 417 g/mol. The summed E-state index contributed by atoms with van der Waals surface area (Å²) in [6, 6.07) is 3.02. The van der Waals surface area contributed by atoms with Gasteiger partial charge >= 0.3 is 0 Å². The lowest BCUT2D eigenvalue weighted by Gasteiger charge is -2.34. The molecule has 0 fully saturated rings. The average molecular weight is 417 g/mol. The Morgan fingerprint density at radius 2 is 2.07 bits per heavy atom. The summed E-state index contributed by atoms with van der Waals surface area (Å²) in [5, 5.41) is 2.53. The molecule has 2 aliphatic rings. The average Bonchev–Trinajstić information content (AvgIpc) is 3.13. The normalized spacial score (nSPS) is 17.1. The maximum Gasteiger partial charge on any atom is 0.274 e. The van der Waals surface area contributed by atoms with Crippen molar-refractivity contribution in [3.63, 3.8) is 0 Å². The van der Waals surface area contributed by atoms with Crippen LogP contribution in [0.15, 0.2) is 23.0 Å². The Bertz CT molecular complexity index is 1110. The smallest absolute Gasteiger partial charge is 0.274 e. The summed E-state index contributed by atoms with van der Waals surface area (Å²) in [5.74, 6) is -2.65. The summed E-state index contributed by atoms with van der Waals surface area (Å²) < 4.78 is 34.0. The first kappa shape index (κ1) is 20.1. The van der Waals surface area contributed by atoms with E-state index in [9.17, 15) is 23.2 Å². The van der Waals surface area contributed by atoms with Crippen molar-refractivity contribution in [2.75, 3.05) is 20.2 Å². The van der Waals surface area contributed by atoms with Gasteiger partial charge in [0.15, 0.2) is 11.4 Å². The third-order valence-electron chi connectivity index (χ3n) is 5.74. The largest absolute Gasteiger partial charge is 0.491 e. The van der Waals surface area contributed by atoms with Crippen molar-refractivity contribution in [3.05, 3.63) is 62.6 Å². The van der Waals surface area contributed by atoms with E-state index in [1.165, 1.54) is 13.2 Å². The summed E-state index contributed by atoms with van der Waals surface area (Å²) in [4.78, 5) is 40.5. The van der Waals surface area contributed by atoms with Gasteiger partial charge in [-0.1, -0.05) is 6.07 Å². The molecule has 0 unspecified atom stereocenters. The van der Waals surface area contributed by atoms with Gasteiger partial charge in [-0.15, -0.1) is 0 Å². The minimum Gasteiger partial charge on any atom is -0.491 e. The van der Waals surface area contributed by atoms with Crippen LogP contribution in [0.1, 0.15) is 51.5 Å². The van der Waals surface area contributed by atoms with Crippen LogP contribution in [0.2, 0.25) is 0 Å². The first-order chi connectivity index (χ1) is 14.4. The molecule has 3 heterocycles. The number of rotatable bonds is 5. The molecular weight excluding hydrogens is 396 g/mol. The van der Waals surface area contributed by atoms with Gasteiger partial charge in [-0.25, -0.2) is 8.78 Å². The third-order valence-corrected chi connectivity index (χ3v) is 5.74. The molecule has 0 saturated heterocycles. The molecule has 9 heteroatoms. The molecule has 2 amide bonds. The molecule has 0 aliphatic carbocycles. The van der Waals surface area contributed by atoms with Gasteiger partial charge in [-0.2, -0.15) is 0 Å². The van der Waals surface area contributed by atoms with E-state index in [4.69, 9.17) is 4.74 Å². The highest BCUT2D eigenvalue weighted by Gasteiger charge is 2.41. The van der Waals surface area contributed by atoms with Gasteiger partial charge in [0.1, 0.15) is 17.2 Å². The van der Waals surface area contributed by atoms with Crippen molar-refractivity contribution in [2.24, 2.45) is 0 Å². The summed E-state index contributed by atoms with van der Waals surface area (Å²) in [6.07, 6.45) is 1.16. The molecule has 30 heavy (non-hydrogen) atoms. The molecule has 7 nitrogen and oxygen atoms in total. The van der Waals surface area contributed by atoms with E-state index in [0.717, 1.165) is 12.1 Å². The molecule has 1 atom stereocenters. The predicted molar refractivity (Wildman–Crippen MR) is 104 cm³/mol. The van der Waals surface area contributed by atoms with E-state index in [2.05, 4.69) is 5.32 Å². The SMILES string of the molecule is CCN1C[C@@H]2CCc3c(C(=O)NCc4ccc(F)cc4F)c(=O)c(OC)c(n32)C1=O. The molecule has 4 rings (SSSR count). The van der Waals surface area contributed by atoms with E-state index in [0.29, 0.717) is 31.6 Å². The van der Waals surface area contributed by atoms with Crippen molar-refractivity contribution in [1.29, 1.82) is 0 Å². The zero-order valence-electron chi connectivity index (χ0n) is 16.6. The molecule has 1 aromatic heterocycles. The number of aromatic nitrogens is 1. The lowest BCUT2D eigenvalue weighted by atomic mass is 10.1. The highest BCUT2D eigenvalue weighted by atomic mass is 19.1. The molecule has 2 aromatic rings. The number of carbonyl (C=O) groups is 2. The summed E-state index contributed by atoms with van der Waals surface area (Å²) >= 11 is 0. The minimum atomic E-state index is -0.787. The van der Waals surface area contributed by atoms with Crippen molar-refractivity contribution < 1.29 is 23.1 Å². The van der Waals surface area contributed by atoms with E-state index in [1.54, 1.807) is 9.47 Å². The van der Waals surface area contributed by atoms with Gasteiger partial charge < -0.3 is 19.5 Å². The second-order valence-corrected chi connectivity index (χ2v) is 7.36. The van der Waals surface area contributed by atoms with Crippen LogP contribution in [0, 0.1) is 11.6 Å². The fourth-order valence-electron chi connectivity index (χ4n) is 4.28. The molecule has 158 valence electrons. The van der Waals surface area contributed by atoms with Crippen LogP contribution in [0.4, 0.5) is 8.78 Å². The summed E-state index contributed by atoms with van der Waals surface area (Å²) in [5.41, 5.74) is -0.00444. The number of hydrogen-bond donors (Lipinski definition) is 1. The Morgan fingerprint density at radius 3 is 2.73 bits per heavy atom. The standard InChI is InChI=1S/C21H21F2N3O4/c1-3-25-10-13-6-7-15-16(18(27)19(30-2)17(21(25)29)26(13)15)20(28)24-9-11-4-5-12(22)8-14(11)23/h4-5,8,13H,3,6-7,9-10H2,1-2H3,(H,24,28)/t13-/m0/s1. The maximum atomic E-state index is 13.9. The van der Waals surface area contributed by atoms with Crippen molar-refractivity contribution >= 4 is 11.8 Å². The Kier molecular flexibility index (Phi) is 5.05. The fourth-order valence-corrected chi connectivity index (χ4v) is 4.28. The molecular formula is C21H21F2N3O4. The molecule has 2 aliphatic heterocycles. The van der Waals surface area contributed by atoms with E-state index >= 15 is 0 Å². The summed E-state index contributed by atoms with van der Waals surface area (Å²) in [6.45, 7) is 2.67. The number of amides is 2. The quantitative estimate of drug-likeness (QED) is 0.807. The molecule has 1 aromatic carbocycles. The highest BCUT2D eigenvalue weighted by Crippen LogP contribution is 2.37. The molecule has 0 radical (unpaired) electrons. The topological polar surface area (TPSA) is 80.6 Å². The van der Waals surface area contributed by atoms with E-state index in [1.807, 2.05) is 6.92 Å². The van der Waals surface area contributed by atoms with Crippen LogP contribution in [0.5, 0.6) is 5.75 Å². The van der Waals surface area contributed by atoms with Crippen molar-refractivity contribution in [3.8, 4) is 5.75 Å². The van der Waals surface area contributed by atoms with Gasteiger partial charge in [-0.05, 0) is 25.8 Å². The molecule has 0 spiro atoms. The van der Waals surface area contributed by atoms with Gasteiger partial charge in [0.05, 0.1) is 13.2 Å². The van der Waals surface area contributed by atoms with E-state index in [-0.39, 0.29) is 41.1 Å². The van der Waals surface area contributed by atoms with Crippen LogP contribution in [0.25, 0.3) is 0 Å². The Hall–Kier alpha value is -3.23. The van der Waals surface area contributed by atoms with Crippen LogP contribution >= 0.6 is 0 Å². The maximum absolute atomic E-state index is 13.9. The second-order valence-electron chi connectivity index (χ2n) is 7.36. The van der Waals surface area contributed by atoms with Gasteiger partial charge in [-0.3, -0.25) is 14.4 Å². The Labute approximate surface area is 171 Å². The van der Waals surface area contributed by atoms with E-state index < -0.39 is 23.0 Å². The number of hydrogen-bond acceptors (Lipinski definition) is 4. The number of ether oxygens (including phenoxy) is 1. The van der Waals surface area contributed by atoms with Gasteiger partial charge in [0.25, 0.3) is 11.8 Å². The Morgan fingerprint density at radius 1 is 1.30 bits per heavy atom. The number of carbonyl (C=O) groups excluding carboxylic acids is 2. The van der Waals surface area contributed by atoms with Crippen molar-refractivity contribution in [2.45, 2.75) is 32.4 Å². The third kappa shape index (κ3) is 3.05. The van der Waals surface area contributed by atoms with Crippen LogP contribution in [-0.2, 0) is 13.0 Å². The first-order valence-electron chi connectivity index (χ1n) is 9.74. The molecule has 0 saturated carbocycles. The summed E-state index contributed by atoms with van der Waals surface area (Å²) in [7, 11) is 1.29. The second kappa shape index (κ2) is 7.55. The Balaban J connectivity index is 1.74. The van der Waals surface area contributed by atoms with Crippen LogP contribution in [0.3, 0.4) is 0 Å².